The van der Waals surface area contributed by atoms with E-state index in [0.717, 1.165) is 5.56 Å². The second kappa shape index (κ2) is 4.84. The van der Waals surface area contributed by atoms with Gasteiger partial charge < -0.3 is 10.8 Å². The van der Waals surface area contributed by atoms with Gasteiger partial charge in [0.25, 0.3) is 0 Å². The van der Waals surface area contributed by atoms with Crippen molar-refractivity contribution in [3.63, 3.8) is 0 Å². The van der Waals surface area contributed by atoms with Crippen molar-refractivity contribution in [3.8, 4) is 5.88 Å². The lowest BCUT2D eigenvalue weighted by molar-refractivity contribution is 0.448. The zero-order chi connectivity index (χ0) is 12.3. The summed E-state index contributed by atoms with van der Waals surface area (Å²) in [5, 5.41) is 9.67. The Bertz CT molecular complexity index is 534. The zero-order valence-corrected chi connectivity index (χ0v) is 9.67. The summed E-state index contributed by atoms with van der Waals surface area (Å²) in [6.07, 6.45) is 1.58. The number of nitrogen functional groups attached to an aromatic ring is 1. The van der Waals surface area contributed by atoms with E-state index in [-0.39, 0.29) is 22.5 Å². The van der Waals surface area contributed by atoms with Gasteiger partial charge in [0, 0.05) is 6.21 Å². The van der Waals surface area contributed by atoms with Gasteiger partial charge in [-0.25, -0.2) is 9.98 Å². The third kappa shape index (κ3) is 2.73. The van der Waals surface area contributed by atoms with Gasteiger partial charge in [-0.15, -0.1) is 12.6 Å². The highest BCUT2D eigenvalue weighted by Gasteiger charge is 2.08. The maximum atomic E-state index is 9.56. The molecule has 5 nitrogen and oxygen atoms in total. The SMILES string of the molecule is Nc1nc(S)nc(O)c1N=Cc1ccccc1. The molecule has 2 rings (SSSR count). The van der Waals surface area contributed by atoms with Crippen LogP contribution in [-0.4, -0.2) is 21.3 Å². The minimum absolute atomic E-state index is 0.0923. The van der Waals surface area contributed by atoms with E-state index in [9.17, 15) is 5.11 Å². The molecule has 0 unspecified atom stereocenters. The average molecular weight is 246 g/mol. The van der Waals surface area contributed by atoms with E-state index in [4.69, 9.17) is 5.73 Å². The molecule has 3 N–H and O–H groups in total. The van der Waals surface area contributed by atoms with Crippen molar-refractivity contribution in [2.24, 2.45) is 4.99 Å². The minimum Gasteiger partial charge on any atom is -0.492 e. The van der Waals surface area contributed by atoms with Crippen LogP contribution in [0.3, 0.4) is 0 Å². The molecule has 6 heteroatoms. The molecule has 0 aliphatic carbocycles. The molecule has 0 atom stereocenters. The van der Waals surface area contributed by atoms with Gasteiger partial charge in [0.15, 0.2) is 16.7 Å². The van der Waals surface area contributed by atoms with Crippen LogP contribution in [0.15, 0.2) is 40.5 Å². The molecule has 0 radical (unpaired) electrons. The standard InChI is InChI=1S/C11H10N4OS/c12-9-8(10(16)15-11(17)14-9)13-6-7-4-2-1-3-5-7/h1-6H,(H4,12,14,15,16,17). The van der Waals surface area contributed by atoms with Crippen LogP contribution < -0.4 is 5.73 Å². The van der Waals surface area contributed by atoms with E-state index in [1.807, 2.05) is 30.3 Å². The van der Waals surface area contributed by atoms with E-state index in [0.29, 0.717) is 0 Å². The predicted octanol–water partition coefficient (Wildman–Crippen LogP) is 1.80. The fourth-order valence-corrected chi connectivity index (χ4v) is 1.45. The number of aliphatic imine (C=N–C) groups is 1. The molecule has 0 aliphatic rings. The van der Waals surface area contributed by atoms with Crippen molar-refractivity contribution in [2.75, 3.05) is 5.73 Å². The smallest absolute Gasteiger partial charge is 0.243 e. The molecule has 1 aromatic heterocycles. The van der Waals surface area contributed by atoms with Crippen molar-refractivity contribution < 1.29 is 5.11 Å². The van der Waals surface area contributed by atoms with E-state index < -0.39 is 0 Å². The van der Waals surface area contributed by atoms with Gasteiger partial charge >= 0.3 is 0 Å². The van der Waals surface area contributed by atoms with Crippen LogP contribution in [0.4, 0.5) is 11.5 Å². The van der Waals surface area contributed by atoms with Crippen molar-refractivity contribution >= 4 is 30.3 Å². The number of nitrogens with zero attached hydrogens (tertiary/aromatic N) is 3. The van der Waals surface area contributed by atoms with Gasteiger partial charge in [0.1, 0.15) is 0 Å². The van der Waals surface area contributed by atoms with Gasteiger partial charge in [-0.2, -0.15) is 4.98 Å². The molecule has 0 saturated carbocycles. The van der Waals surface area contributed by atoms with Crippen LogP contribution in [0.5, 0.6) is 5.88 Å². The summed E-state index contributed by atoms with van der Waals surface area (Å²) < 4.78 is 0. The highest BCUT2D eigenvalue weighted by molar-refractivity contribution is 7.80. The van der Waals surface area contributed by atoms with Crippen molar-refractivity contribution in [1.82, 2.24) is 9.97 Å². The lowest BCUT2D eigenvalue weighted by atomic mass is 10.2. The Morgan fingerprint density at radius 3 is 2.59 bits per heavy atom. The number of hydrogen-bond donors (Lipinski definition) is 3. The van der Waals surface area contributed by atoms with Gasteiger partial charge in [0.05, 0.1) is 0 Å². The maximum absolute atomic E-state index is 9.56. The molecule has 2 aromatic rings. The summed E-state index contributed by atoms with van der Waals surface area (Å²) in [6, 6.07) is 9.44. The summed E-state index contributed by atoms with van der Waals surface area (Å²) >= 11 is 3.90. The second-order valence-corrected chi connectivity index (χ2v) is 3.65. The molecule has 17 heavy (non-hydrogen) atoms. The predicted molar refractivity (Wildman–Crippen MR) is 69.1 cm³/mol. The topological polar surface area (TPSA) is 84.4 Å². The third-order valence-electron chi connectivity index (χ3n) is 2.02. The highest BCUT2D eigenvalue weighted by Crippen LogP contribution is 2.29. The first kappa shape index (κ1) is 11.4. The second-order valence-electron chi connectivity index (χ2n) is 3.25. The molecule has 0 saturated heterocycles. The average Bonchev–Trinajstić information content (AvgIpc) is 2.29. The van der Waals surface area contributed by atoms with Crippen LogP contribution in [0.1, 0.15) is 5.56 Å². The van der Waals surface area contributed by atoms with Gasteiger partial charge in [-0.1, -0.05) is 30.3 Å². The Balaban J connectivity index is 2.34. The number of anilines is 1. The lowest BCUT2D eigenvalue weighted by Gasteiger charge is -2.01. The summed E-state index contributed by atoms with van der Waals surface area (Å²) in [7, 11) is 0. The van der Waals surface area contributed by atoms with Crippen LogP contribution in [-0.2, 0) is 0 Å². The first-order chi connectivity index (χ1) is 8.16. The first-order valence-corrected chi connectivity index (χ1v) is 5.26. The molecular weight excluding hydrogens is 236 g/mol. The highest BCUT2D eigenvalue weighted by atomic mass is 32.1. The molecule has 0 amide bonds. The van der Waals surface area contributed by atoms with E-state index >= 15 is 0 Å². The largest absolute Gasteiger partial charge is 0.492 e. The summed E-state index contributed by atoms with van der Waals surface area (Å²) in [5.74, 6) is -0.190. The fraction of sp³-hybridized carbons (Fsp3) is 0. The lowest BCUT2D eigenvalue weighted by Crippen LogP contribution is -1.94. The number of aromatic hydroxyl groups is 1. The monoisotopic (exact) mass is 246 g/mol. The zero-order valence-electron chi connectivity index (χ0n) is 8.78. The van der Waals surface area contributed by atoms with E-state index in [1.54, 1.807) is 6.21 Å². The summed E-state index contributed by atoms with van der Waals surface area (Å²) in [6.45, 7) is 0. The van der Waals surface area contributed by atoms with Crippen LogP contribution in [0.25, 0.3) is 0 Å². The normalized spacial score (nSPS) is 10.9. The van der Waals surface area contributed by atoms with Gasteiger partial charge in [-0.05, 0) is 5.56 Å². The molecular formula is C11H10N4OS. The number of thiol groups is 1. The van der Waals surface area contributed by atoms with Crippen LogP contribution in [0, 0.1) is 0 Å². The molecule has 0 aliphatic heterocycles. The summed E-state index contributed by atoms with van der Waals surface area (Å²) in [4.78, 5) is 11.5. The molecule has 1 heterocycles. The van der Waals surface area contributed by atoms with Gasteiger partial charge in [0.2, 0.25) is 5.88 Å². The Morgan fingerprint density at radius 1 is 1.24 bits per heavy atom. The first-order valence-electron chi connectivity index (χ1n) is 4.81. The van der Waals surface area contributed by atoms with Gasteiger partial charge in [-0.3, -0.25) is 0 Å². The Morgan fingerprint density at radius 2 is 1.94 bits per heavy atom. The van der Waals surface area contributed by atoms with E-state index in [2.05, 4.69) is 27.6 Å². The van der Waals surface area contributed by atoms with Crippen LogP contribution in [0.2, 0.25) is 0 Å². The number of hydrogen-bond acceptors (Lipinski definition) is 6. The number of aromatic nitrogens is 2. The summed E-state index contributed by atoms with van der Waals surface area (Å²) in [5.41, 5.74) is 6.65. The van der Waals surface area contributed by atoms with E-state index in [1.165, 1.54) is 0 Å². The Kier molecular flexibility index (Phi) is 3.24. The number of benzene rings is 1. The molecule has 0 spiro atoms. The minimum atomic E-state index is -0.283. The molecule has 0 bridgehead atoms. The Labute approximate surface area is 103 Å². The maximum Gasteiger partial charge on any atom is 0.243 e. The molecule has 86 valence electrons. The number of nitrogens with two attached hydrogens (primary N) is 1. The molecule has 0 fully saturated rings. The Hall–Kier alpha value is -2.08. The van der Waals surface area contributed by atoms with Crippen LogP contribution >= 0.6 is 12.6 Å². The number of rotatable bonds is 2. The quantitative estimate of drug-likeness (QED) is 0.428. The fourth-order valence-electron chi connectivity index (χ4n) is 1.25. The third-order valence-corrected chi connectivity index (χ3v) is 2.22. The van der Waals surface area contributed by atoms with Crippen molar-refractivity contribution in [3.05, 3.63) is 35.9 Å². The van der Waals surface area contributed by atoms with Crippen molar-refractivity contribution in [2.45, 2.75) is 5.16 Å². The molecule has 1 aromatic carbocycles. The van der Waals surface area contributed by atoms with Crippen molar-refractivity contribution in [1.29, 1.82) is 0 Å².